The van der Waals surface area contributed by atoms with E-state index in [4.69, 9.17) is 21.4 Å². The molecule has 13 heteroatoms. The second-order valence-electron chi connectivity index (χ2n) is 11.3. The van der Waals surface area contributed by atoms with Crippen LogP contribution >= 0.6 is 22.9 Å². The molecule has 3 aromatic carbocycles. The number of carbonyl (C=O) groups excluding carboxylic acids is 2. The van der Waals surface area contributed by atoms with E-state index in [1.807, 2.05) is 63.2 Å². The molecule has 0 bridgehead atoms. The van der Waals surface area contributed by atoms with Gasteiger partial charge in [-0.3, -0.25) is 9.72 Å². The zero-order valence-electron chi connectivity index (χ0n) is 24.9. The summed E-state index contributed by atoms with van der Waals surface area (Å²) < 4.78 is 9.51. The molecule has 0 aliphatic heterocycles. The first-order valence-corrected chi connectivity index (χ1v) is 15.3. The first kappa shape index (κ1) is 30.0. The SMILES string of the molecule is CCOC(=O)c1cnc2sc3cc(Nc4cccc(NC(=O)Nc5cc(C(C)(C)C)nn5-c5ccc(O)c(Cl)c5)c4)ccc3n12. The van der Waals surface area contributed by atoms with Crippen LogP contribution in [0.5, 0.6) is 5.75 Å². The third-order valence-electron chi connectivity index (χ3n) is 6.92. The molecule has 45 heavy (non-hydrogen) atoms. The van der Waals surface area contributed by atoms with Crippen molar-refractivity contribution in [1.82, 2.24) is 19.2 Å². The molecule has 11 nitrogen and oxygen atoms in total. The lowest BCUT2D eigenvalue weighted by Gasteiger charge is -2.14. The number of urea groups is 1. The van der Waals surface area contributed by atoms with Crippen molar-refractivity contribution in [2.75, 3.05) is 22.6 Å². The lowest BCUT2D eigenvalue weighted by molar-refractivity contribution is 0.0518. The van der Waals surface area contributed by atoms with Gasteiger partial charge in [-0.25, -0.2) is 19.3 Å². The molecule has 3 aromatic heterocycles. The highest BCUT2D eigenvalue weighted by molar-refractivity contribution is 7.23. The van der Waals surface area contributed by atoms with Crippen LogP contribution in [0.4, 0.5) is 27.7 Å². The molecule has 0 atom stereocenters. The average Bonchev–Trinajstić information content (AvgIpc) is 3.68. The molecule has 4 N–H and O–H groups in total. The molecule has 230 valence electrons. The molecule has 0 saturated carbocycles. The van der Waals surface area contributed by atoms with Gasteiger partial charge in [0.2, 0.25) is 0 Å². The van der Waals surface area contributed by atoms with Crippen LogP contribution in [-0.2, 0) is 10.2 Å². The van der Waals surface area contributed by atoms with Crippen molar-refractivity contribution >= 4 is 73.0 Å². The van der Waals surface area contributed by atoms with Crippen LogP contribution in [-0.4, -0.2) is 42.9 Å². The Balaban J connectivity index is 1.20. The zero-order valence-corrected chi connectivity index (χ0v) is 26.5. The molecule has 2 amide bonds. The van der Waals surface area contributed by atoms with Crippen molar-refractivity contribution in [3.8, 4) is 11.4 Å². The number of ether oxygens (including phenoxy) is 1. The summed E-state index contributed by atoms with van der Waals surface area (Å²) >= 11 is 7.62. The quantitative estimate of drug-likeness (QED) is 0.130. The van der Waals surface area contributed by atoms with Gasteiger partial charge in [0, 0.05) is 28.5 Å². The molecular weight excluding hydrogens is 614 g/mol. The number of benzene rings is 3. The highest BCUT2D eigenvalue weighted by Crippen LogP contribution is 2.32. The first-order valence-electron chi connectivity index (χ1n) is 14.1. The number of carbonyl (C=O) groups is 2. The Morgan fingerprint density at radius 3 is 2.53 bits per heavy atom. The minimum Gasteiger partial charge on any atom is -0.506 e. The van der Waals surface area contributed by atoms with E-state index in [9.17, 15) is 14.7 Å². The molecule has 0 spiro atoms. The van der Waals surface area contributed by atoms with E-state index in [1.165, 1.54) is 23.6 Å². The van der Waals surface area contributed by atoms with Crippen molar-refractivity contribution in [1.29, 1.82) is 0 Å². The highest BCUT2D eigenvalue weighted by Gasteiger charge is 2.22. The molecule has 0 fully saturated rings. The number of imidazole rings is 1. The minimum absolute atomic E-state index is 0.0435. The Hall–Kier alpha value is -5.07. The smallest absolute Gasteiger partial charge is 0.357 e. The number of nitrogens with one attached hydrogen (secondary N) is 3. The van der Waals surface area contributed by atoms with Gasteiger partial charge in [-0.15, -0.1) is 0 Å². The predicted octanol–water partition coefficient (Wildman–Crippen LogP) is 7.96. The summed E-state index contributed by atoms with van der Waals surface area (Å²) in [5.74, 6) is -0.0164. The second kappa shape index (κ2) is 11.8. The number of halogens is 1. The average molecular weight is 644 g/mol. The number of esters is 1. The summed E-state index contributed by atoms with van der Waals surface area (Å²) in [4.78, 5) is 30.6. The summed E-state index contributed by atoms with van der Waals surface area (Å²) in [6.45, 7) is 8.14. The van der Waals surface area contributed by atoms with Crippen LogP contribution in [0.3, 0.4) is 0 Å². The van der Waals surface area contributed by atoms with Gasteiger partial charge in [0.25, 0.3) is 0 Å². The molecule has 0 radical (unpaired) electrons. The van der Waals surface area contributed by atoms with Crippen LogP contribution in [0.15, 0.2) is 72.9 Å². The molecular formula is C32H30ClN7O4S. The number of anilines is 4. The normalized spacial score (nSPS) is 11.6. The summed E-state index contributed by atoms with van der Waals surface area (Å²) in [7, 11) is 0. The number of rotatable bonds is 7. The fraction of sp³-hybridized carbons (Fsp3) is 0.188. The third kappa shape index (κ3) is 6.15. The summed E-state index contributed by atoms with van der Waals surface area (Å²) in [6.07, 6.45) is 1.53. The summed E-state index contributed by atoms with van der Waals surface area (Å²) in [6, 6.07) is 19.3. The largest absolute Gasteiger partial charge is 0.506 e. The Labute approximate surface area is 267 Å². The molecule has 0 aliphatic rings. The molecule has 3 heterocycles. The van der Waals surface area contributed by atoms with E-state index in [0.29, 0.717) is 27.8 Å². The molecule has 0 saturated heterocycles. The maximum Gasteiger partial charge on any atom is 0.357 e. The maximum atomic E-state index is 13.1. The van der Waals surface area contributed by atoms with Gasteiger partial charge in [0.05, 0.1) is 39.4 Å². The van der Waals surface area contributed by atoms with Gasteiger partial charge >= 0.3 is 12.0 Å². The monoisotopic (exact) mass is 643 g/mol. The number of hydrogen-bond donors (Lipinski definition) is 4. The van der Waals surface area contributed by atoms with Crippen molar-refractivity contribution in [2.45, 2.75) is 33.1 Å². The number of thiazole rings is 1. The van der Waals surface area contributed by atoms with E-state index >= 15 is 0 Å². The van der Waals surface area contributed by atoms with Crippen LogP contribution in [0, 0.1) is 0 Å². The lowest BCUT2D eigenvalue weighted by atomic mass is 9.92. The molecule has 0 aliphatic carbocycles. The van der Waals surface area contributed by atoms with Gasteiger partial charge in [0.1, 0.15) is 11.6 Å². The lowest BCUT2D eigenvalue weighted by Crippen LogP contribution is -2.21. The molecule has 6 aromatic rings. The van der Waals surface area contributed by atoms with Crippen LogP contribution in [0.2, 0.25) is 5.02 Å². The third-order valence-corrected chi connectivity index (χ3v) is 8.24. The van der Waals surface area contributed by atoms with E-state index < -0.39 is 12.0 Å². The number of phenols is 1. The number of hydrogen-bond acceptors (Lipinski definition) is 8. The predicted molar refractivity (Wildman–Crippen MR) is 178 cm³/mol. The fourth-order valence-corrected chi connectivity index (χ4v) is 5.94. The van der Waals surface area contributed by atoms with Gasteiger partial charge in [-0.2, -0.15) is 5.10 Å². The first-order chi connectivity index (χ1) is 21.5. The number of fused-ring (bicyclic) bond motifs is 3. The summed E-state index contributed by atoms with van der Waals surface area (Å²) in [5, 5.41) is 23.9. The Bertz CT molecular complexity index is 2080. The van der Waals surface area contributed by atoms with Gasteiger partial charge in [-0.1, -0.05) is 49.8 Å². The van der Waals surface area contributed by atoms with Gasteiger partial charge in [-0.05, 0) is 61.5 Å². The van der Waals surface area contributed by atoms with Gasteiger partial charge in [0.15, 0.2) is 10.7 Å². The van der Waals surface area contributed by atoms with Crippen LogP contribution in [0.25, 0.3) is 20.9 Å². The Morgan fingerprint density at radius 1 is 1.00 bits per heavy atom. The van der Waals surface area contributed by atoms with E-state index in [0.717, 1.165) is 27.3 Å². The zero-order chi connectivity index (χ0) is 31.9. The maximum absolute atomic E-state index is 13.1. The topological polar surface area (TPSA) is 135 Å². The molecule has 6 rings (SSSR count). The second-order valence-corrected chi connectivity index (χ2v) is 12.7. The fourth-order valence-electron chi connectivity index (χ4n) is 4.73. The van der Waals surface area contributed by atoms with Gasteiger partial charge < -0.3 is 20.5 Å². The number of amides is 2. The van der Waals surface area contributed by atoms with Crippen LogP contribution < -0.4 is 16.0 Å². The van der Waals surface area contributed by atoms with E-state index in [2.05, 4.69) is 20.9 Å². The standard InChI is InChI=1S/C32H30ClN7O4S/c1-5-44-29(42)24-17-34-31-39(24)23-11-9-20(14-26(23)45-31)35-18-7-6-8-19(13-18)36-30(43)37-28-16-27(32(2,3)4)38-40(28)21-10-12-25(41)22(33)15-21/h6-17,35,41H,5H2,1-4H3,(H2,36,37,43). The Morgan fingerprint density at radius 2 is 1.78 bits per heavy atom. The number of aromatic nitrogens is 4. The molecule has 0 unspecified atom stereocenters. The number of aromatic hydroxyl groups is 1. The van der Waals surface area contributed by atoms with Crippen molar-refractivity contribution in [3.63, 3.8) is 0 Å². The summed E-state index contributed by atoms with van der Waals surface area (Å²) in [5.41, 5.74) is 4.48. The van der Waals surface area contributed by atoms with Crippen molar-refractivity contribution in [3.05, 3.63) is 89.3 Å². The van der Waals surface area contributed by atoms with Crippen LogP contribution in [0.1, 0.15) is 43.9 Å². The number of phenolic OH excluding ortho intramolecular Hbond substituents is 1. The highest BCUT2D eigenvalue weighted by atomic mass is 35.5. The van der Waals surface area contributed by atoms with E-state index in [-0.39, 0.29) is 22.8 Å². The minimum atomic E-state index is -0.459. The van der Waals surface area contributed by atoms with Crippen molar-refractivity contribution < 1.29 is 19.4 Å². The van der Waals surface area contributed by atoms with Crippen molar-refractivity contribution in [2.24, 2.45) is 0 Å². The van der Waals surface area contributed by atoms with E-state index in [1.54, 1.807) is 34.2 Å². The Kier molecular flexibility index (Phi) is 7.85. The number of nitrogens with zero attached hydrogens (tertiary/aromatic N) is 4.